The molecule has 0 saturated heterocycles. The molecule has 1 aromatic carbocycles. The molecule has 176 valence electrons. The number of hydrogen-bond acceptors (Lipinski definition) is 6. The lowest BCUT2D eigenvalue weighted by Gasteiger charge is -2.10. The number of ether oxygens (including phenoxy) is 1. The summed E-state index contributed by atoms with van der Waals surface area (Å²) in [6.07, 6.45) is 3.96. The third kappa shape index (κ3) is 7.88. The monoisotopic (exact) mass is 489 g/mol. The first-order chi connectivity index (χ1) is 15.2. The van der Waals surface area contributed by atoms with E-state index < -0.39 is 30.2 Å². The number of nitrogens with zero attached hydrogens (tertiary/aromatic N) is 2. The second-order valence-corrected chi connectivity index (χ2v) is 8.50. The van der Waals surface area contributed by atoms with Gasteiger partial charge in [-0.1, -0.05) is 24.4 Å². The lowest BCUT2D eigenvalue weighted by molar-refractivity contribution is 0.0996. The van der Waals surface area contributed by atoms with Crippen molar-refractivity contribution in [3.8, 4) is 5.88 Å². The number of aromatic nitrogens is 1. The lowest BCUT2D eigenvalue weighted by Crippen LogP contribution is -2.30. The van der Waals surface area contributed by atoms with E-state index >= 15 is 0 Å². The molecule has 3 amide bonds. The largest absolute Gasteiger partial charge is 0.471 e. The Bertz CT molecular complexity index is 919. The predicted octanol–water partition coefficient (Wildman–Crippen LogP) is 4.00. The molecule has 0 aliphatic heterocycles. The van der Waals surface area contributed by atoms with Crippen LogP contribution in [-0.2, 0) is 6.61 Å². The van der Waals surface area contributed by atoms with Crippen LogP contribution in [0.3, 0.4) is 0 Å². The molecule has 4 N–H and O–H groups in total. The Morgan fingerprint density at radius 2 is 1.84 bits per heavy atom. The normalized spacial score (nSPS) is 10.9. The molecule has 0 aliphatic rings. The standard InChI is InChI=1S/C20H26ClF2N5O3S/c1-28(2)8-6-4-3-5-7-25-20(30)26-19-16(17(24)29)18(27-32-19)31-11-13-14(22)9-12(21)10-15(13)23/h9-10H,3-8,11H2,1-2H3,(H2,24,29)(H2,25,26,30). The van der Waals surface area contributed by atoms with Gasteiger partial charge in [-0.05, 0) is 57.1 Å². The van der Waals surface area contributed by atoms with E-state index in [-0.39, 0.29) is 27.0 Å². The topological polar surface area (TPSA) is 110 Å². The zero-order valence-corrected chi connectivity index (χ0v) is 19.4. The average molecular weight is 490 g/mol. The maximum Gasteiger partial charge on any atom is 0.319 e. The van der Waals surface area contributed by atoms with E-state index in [0.717, 1.165) is 55.9 Å². The summed E-state index contributed by atoms with van der Waals surface area (Å²) in [6.45, 7) is 0.951. The molecule has 0 unspecified atom stereocenters. The summed E-state index contributed by atoms with van der Waals surface area (Å²) in [5, 5.41) is 5.19. The third-order valence-electron chi connectivity index (χ3n) is 4.41. The van der Waals surface area contributed by atoms with Gasteiger partial charge < -0.3 is 20.7 Å². The van der Waals surface area contributed by atoms with Crippen LogP contribution in [0.2, 0.25) is 5.02 Å². The number of nitrogens with one attached hydrogen (secondary N) is 2. The Morgan fingerprint density at radius 1 is 1.19 bits per heavy atom. The number of primary amides is 1. The number of unbranched alkanes of at least 4 members (excludes halogenated alkanes) is 3. The highest BCUT2D eigenvalue weighted by molar-refractivity contribution is 7.11. The molecule has 12 heteroatoms. The van der Waals surface area contributed by atoms with E-state index in [1.165, 1.54) is 0 Å². The van der Waals surface area contributed by atoms with Crippen molar-refractivity contribution in [2.24, 2.45) is 5.73 Å². The number of anilines is 1. The van der Waals surface area contributed by atoms with E-state index in [0.29, 0.717) is 6.54 Å². The van der Waals surface area contributed by atoms with Crippen LogP contribution in [0.4, 0.5) is 18.6 Å². The summed E-state index contributed by atoms with van der Waals surface area (Å²) >= 11 is 6.37. The Balaban J connectivity index is 1.90. The molecule has 2 rings (SSSR count). The molecule has 8 nitrogen and oxygen atoms in total. The minimum atomic E-state index is -0.901. The number of carbonyl (C=O) groups excluding carboxylic acids is 2. The number of nitrogens with two attached hydrogens (primary N) is 1. The van der Waals surface area contributed by atoms with Crippen LogP contribution in [0.25, 0.3) is 0 Å². The second-order valence-electron chi connectivity index (χ2n) is 7.29. The summed E-state index contributed by atoms with van der Waals surface area (Å²) in [5.74, 6) is -2.93. The van der Waals surface area contributed by atoms with Crippen molar-refractivity contribution in [3.05, 3.63) is 39.9 Å². The Kier molecular flexibility index (Phi) is 10.1. The number of amides is 3. The molecule has 0 aliphatic carbocycles. The minimum Gasteiger partial charge on any atom is -0.471 e. The van der Waals surface area contributed by atoms with Crippen molar-refractivity contribution >= 4 is 40.1 Å². The predicted molar refractivity (Wildman–Crippen MR) is 120 cm³/mol. The number of rotatable bonds is 12. The van der Waals surface area contributed by atoms with Gasteiger partial charge >= 0.3 is 6.03 Å². The highest BCUT2D eigenvalue weighted by atomic mass is 35.5. The van der Waals surface area contributed by atoms with Gasteiger partial charge in [-0.15, -0.1) is 0 Å². The molecular formula is C20H26ClF2N5O3S. The fraction of sp³-hybridized carbons (Fsp3) is 0.450. The van der Waals surface area contributed by atoms with Crippen LogP contribution in [-0.4, -0.2) is 48.4 Å². The van der Waals surface area contributed by atoms with Crippen LogP contribution in [0.1, 0.15) is 41.6 Å². The molecule has 0 bridgehead atoms. The van der Waals surface area contributed by atoms with Gasteiger partial charge in [0.1, 0.15) is 28.8 Å². The fourth-order valence-corrected chi connectivity index (χ4v) is 3.71. The lowest BCUT2D eigenvalue weighted by atomic mass is 10.2. The molecule has 1 heterocycles. The molecule has 0 spiro atoms. The zero-order valence-electron chi connectivity index (χ0n) is 17.8. The van der Waals surface area contributed by atoms with E-state index in [9.17, 15) is 18.4 Å². The van der Waals surface area contributed by atoms with Gasteiger partial charge in [0.25, 0.3) is 5.91 Å². The molecule has 1 aromatic heterocycles. The number of urea groups is 1. The second kappa shape index (κ2) is 12.5. The Labute approximate surface area is 194 Å². The molecule has 0 fully saturated rings. The van der Waals surface area contributed by atoms with Crippen LogP contribution in [0.5, 0.6) is 5.88 Å². The van der Waals surface area contributed by atoms with Gasteiger partial charge in [0.05, 0.1) is 5.56 Å². The number of carbonyl (C=O) groups is 2. The van der Waals surface area contributed by atoms with Gasteiger partial charge in [-0.3, -0.25) is 10.1 Å². The molecular weight excluding hydrogens is 464 g/mol. The van der Waals surface area contributed by atoms with Gasteiger partial charge in [0.15, 0.2) is 0 Å². The molecule has 2 aromatic rings. The quantitative estimate of drug-likeness (QED) is 0.390. The highest BCUT2D eigenvalue weighted by Gasteiger charge is 2.23. The number of hydrogen-bond donors (Lipinski definition) is 3. The number of halogens is 3. The Morgan fingerprint density at radius 3 is 2.47 bits per heavy atom. The summed E-state index contributed by atoms with van der Waals surface area (Å²) in [4.78, 5) is 26.1. The molecule has 0 radical (unpaired) electrons. The summed E-state index contributed by atoms with van der Waals surface area (Å²) in [7, 11) is 4.05. The van der Waals surface area contributed by atoms with E-state index in [1.807, 2.05) is 14.1 Å². The Hall–Kier alpha value is -2.50. The SMILES string of the molecule is CN(C)CCCCCCNC(=O)Nc1snc(OCc2c(F)cc(Cl)cc2F)c1C(N)=O. The van der Waals surface area contributed by atoms with Crippen molar-refractivity contribution in [2.75, 3.05) is 32.5 Å². The first-order valence-electron chi connectivity index (χ1n) is 9.94. The van der Waals surface area contributed by atoms with E-state index in [4.69, 9.17) is 22.1 Å². The van der Waals surface area contributed by atoms with Crippen molar-refractivity contribution in [1.82, 2.24) is 14.6 Å². The smallest absolute Gasteiger partial charge is 0.319 e. The van der Waals surface area contributed by atoms with Crippen LogP contribution < -0.4 is 21.1 Å². The van der Waals surface area contributed by atoms with Crippen molar-refractivity contribution < 1.29 is 23.1 Å². The average Bonchev–Trinajstić information content (AvgIpc) is 3.08. The molecule has 0 saturated carbocycles. The van der Waals surface area contributed by atoms with Crippen LogP contribution >= 0.6 is 23.1 Å². The van der Waals surface area contributed by atoms with Gasteiger partial charge in [0, 0.05) is 11.6 Å². The summed E-state index contributed by atoms with van der Waals surface area (Å²) in [6, 6.07) is 1.36. The van der Waals surface area contributed by atoms with Crippen molar-refractivity contribution in [3.63, 3.8) is 0 Å². The van der Waals surface area contributed by atoms with Crippen molar-refractivity contribution in [1.29, 1.82) is 0 Å². The van der Waals surface area contributed by atoms with Gasteiger partial charge in [-0.25, -0.2) is 13.6 Å². The summed E-state index contributed by atoms with van der Waals surface area (Å²) < 4.78 is 37.1. The van der Waals surface area contributed by atoms with Crippen LogP contribution in [0, 0.1) is 11.6 Å². The highest BCUT2D eigenvalue weighted by Crippen LogP contribution is 2.31. The van der Waals surface area contributed by atoms with Crippen molar-refractivity contribution in [2.45, 2.75) is 32.3 Å². The zero-order chi connectivity index (χ0) is 23.7. The van der Waals surface area contributed by atoms with E-state index in [2.05, 4.69) is 19.9 Å². The minimum absolute atomic E-state index is 0.0769. The molecule has 0 atom stereocenters. The maximum atomic E-state index is 13.9. The van der Waals surface area contributed by atoms with Gasteiger partial charge in [-0.2, -0.15) is 4.37 Å². The first kappa shape index (κ1) is 25.8. The van der Waals surface area contributed by atoms with Crippen LogP contribution in [0.15, 0.2) is 12.1 Å². The van der Waals surface area contributed by atoms with Gasteiger partial charge in [0.2, 0.25) is 5.88 Å². The fourth-order valence-electron chi connectivity index (χ4n) is 2.78. The number of benzene rings is 1. The third-order valence-corrected chi connectivity index (χ3v) is 5.38. The van der Waals surface area contributed by atoms with E-state index in [1.54, 1.807) is 0 Å². The molecule has 32 heavy (non-hydrogen) atoms. The maximum absolute atomic E-state index is 13.9. The first-order valence-corrected chi connectivity index (χ1v) is 11.1. The summed E-state index contributed by atoms with van der Waals surface area (Å²) in [5.41, 5.74) is 4.82.